The summed E-state index contributed by atoms with van der Waals surface area (Å²) in [5, 5.41) is 17.9. The van der Waals surface area contributed by atoms with Gasteiger partial charge in [-0.15, -0.1) is 0 Å². The van der Waals surface area contributed by atoms with Gasteiger partial charge in [0.05, 0.1) is 17.2 Å². The van der Waals surface area contributed by atoms with Gasteiger partial charge in [-0.1, -0.05) is 31.1 Å². The van der Waals surface area contributed by atoms with E-state index in [0.29, 0.717) is 29.3 Å². The average Bonchev–Trinajstić information content (AvgIpc) is 3.44. The topological polar surface area (TPSA) is 105 Å². The quantitative estimate of drug-likeness (QED) is 0.346. The highest BCUT2D eigenvalue weighted by molar-refractivity contribution is 6.12. The number of allylic oxidation sites excluding steroid dienone is 4. The Hall–Kier alpha value is -3.27. The Morgan fingerprint density at radius 3 is 2.78 bits per heavy atom. The van der Waals surface area contributed by atoms with Gasteiger partial charge in [-0.3, -0.25) is 9.36 Å². The Bertz CT molecular complexity index is 1060. The molecule has 0 saturated heterocycles. The van der Waals surface area contributed by atoms with Crippen LogP contribution in [0.15, 0.2) is 36.8 Å². The molecule has 0 amide bonds. The van der Waals surface area contributed by atoms with Crippen LogP contribution < -0.4 is 0 Å². The monoisotopic (exact) mass is 433 g/mol. The number of nitrogens with zero attached hydrogens (tertiary/aromatic N) is 4. The lowest BCUT2D eigenvalue weighted by molar-refractivity contribution is -0.156. The van der Waals surface area contributed by atoms with E-state index in [9.17, 15) is 10.1 Å². The Labute approximate surface area is 189 Å². The van der Waals surface area contributed by atoms with Gasteiger partial charge in [0.15, 0.2) is 6.73 Å². The van der Waals surface area contributed by atoms with Crippen LogP contribution in [0.25, 0.3) is 16.6 Å². The molecule has 2 heterocycles. The summed E-state index contributed by atoms with van der Waals surface area (Å²) in [5.74, 6) is 0.529. The minimum Gasteiger partial charge on any atom is -0.443 e. The van der Waals surface area contributed by atoms with Gasteiger partial charge in [-0.25, -0.2) is 9.97 Å². The predicted molar refractivity (Wildman–Crippen MR) is 125 cm³/mol. The van der Waals surface area contributed by atoms with Gasteiger partial charge in [-0.05, 0) is 51.5 Å². The molecule has 1 N–H and O–H groups in total. The van der Waals surface area contributed by atoms with Crippen LogP contribution >= 0.6 is 0 Å². The number of hydrogen-bond donors (Lipinski definition) is 1. The molecule has 7 nitrogen and oxygen atoms in total. The van der Waals surface area contributed by atoms with Crippen molar-refractivity contribution in [1.82, 2.24) is 14.5 Å². The second-order valence-corrected chi connectivity index (χ2v) is 9.28. The SMILES string of the molecule is CC(C)(C)C(=O)OCn1ccc2c(/C(C=N)=C/C=C\C(CC#N)C3CCCC3)ncnc21. The fourth-order valence-corrected chi connectivity index (χ4v) is 4.06. The minimum atomic E-state index is -0.576. The number of carbonyl (C=O) groups is 1. The van der Waals surface area contributed by atoms with Crippen LogP contribution in [0.1, 0.15) is 58.6 Å². The Morgan fingerprint density at radius 2 is 2.12 bits per heavy atom. The number of nitrogens with one attached hydrogen (secondary N) is 1. The van der Waals surface area contributed by atoms with Crippen LogP contribution in [0.5, 0.6) is 0 Å². The molecule has 0 bridgehead atoms. The minimum absolute atomic E-state index is 0.0663. The normalized spacial score (nSPS) is 16.4. The predicted octanol–water partition coefficient (Wildman–Crippen LogP) is 5.29. The first-order chi connectivity index (χ1) is 15.3. The van der Waals surface area contributed by atoms with Crippen molar-refractivity contribution in [2.24, 2.45) is 17.3 Å². The van der Waals surface area contributed by atoms with Crippen molar-refractivity contribution in [2.45, 2.75) is 59.6 Å². The highest BCUT2D eigenvalue weighted by atomic mass is 16.5. The maximum atomic E-state index is 12.1. The molecule has 1 aliphatic rings. The van der Waals surface area contributed by atoms with Crippen LogP contribution in [0.3, 0.4) is 0 Å². The number of hydrogen-bond acceptors (Lipinski definition) is 6. The van der Waals surface area contributed by atoms with E-state index < -0.39 is 5.41 Å². The van der Waals surface area contributed by atoms with Gasteiger partial charge in [0, 0.05) is 29.8 Å². The largest absolute Gasteiger partial charge is 0.443 e. The molecule has 1 aliphatic carbocycles. The zero-order valence-electron chi connectivity index (χ0n) is 19.0. The standard InChI is InChI=1S/C25H31N5O2/c1-25(2,3)24(31)32-17-30-14-12-21-22(28-16-29-23(21)30)20(15-27)10-6-9-19(11-13-26)18-7-4-5-8-18/h6,9-10,12,14-16,18-19,27H,4-5,7-8,11,17H2,1-3H3/b9-6-,20-10+,27-15?. The molecule has 1 fully saturated rings. The van der Waals surface area contributed by atoms with Gasteiger partial charge >= 0.3 is 5.97 Å². The molecule has 0 aliphatic heterocycles. The van der Waals surface area contributed by atoms with Gasteiger partial charge < -0.3 is 10.1 Å². The van der Waals surface area contributed by atoms with Gasteiger partial charge in [0.1, 0.15) is 12.0 Å². The third kappa shape index (κ3) is 5.50. The summed E-state index contributed by atoms with van der Waals surface area (Å²) < 4.78 is 7.17. The zero-order valence-corrected chi connectivity index (χ0v) is 19.0. The van der Waals surface area contributed by atoms with E-state index in [1.807, 2.05) is 39.0 Å². The van der Waals surface area contributed by atoms with E-state index in [-0.39, 0.29) is 18.6 Å². The van der Waals surface area contributed by atoms with E-state index in [0.717, 1.165) is 5.39 Å². The van der Waals surface area contributed by atoms with E-state index in [1.54, 1.807) is 10.8 Å². The van der Waals surface area contributed by atoms with Gasteiger partial charge in [0.25, 0.3) is 0 Å². The zero-order chi connectivity index (χ0) is 23.1. The molecule has 2 aromatic rings. The molecule has 7 heteroatoms. The molecule has 168 valence electrons. The first-order valence-corrected chi connectivity index (χ1v) is 11.1. The number of ether oxygens (including phenoxy) is 1. The van der Waals surface area contributed by atoms with Crippen molar-refractivity contribution in [2.75, 3.05) is 0 Å². The Balaban J connectivity index is 1.82. The summed E-state index contributed by atoms with van der Waals surface area (Å²) in [6.45, 7) is 5.50. The van der Waals surface area contributed by atoms with Crippen molar-refractivity contribution in [1.29, 1.82) is 10.7 Å². The maximum absolute atomic E-state index is 12.1. The molecule has 1 atom stereocenters. The molecular formula is C25H31N5O2. The van der Waals surface area contributed by atoms with Crippen LogP contribution in [-0.2, 0) is 16.3 Å². The molecule has 2 aromatic heterocycles. The first kappa shape index (κ1) is 23.4. The lowest BCUT2D eigenvalue weighted by Gasteiger charge is -2.17. The van der Waals surface area contributed by atoms with E-state index in [4.69, 9.17) is 10.1 Å². The second-order valence-electron chi connectivity index (χ2n) is 9.28. The molecule has 1 saturated carbocycles. The fourth-order valence-electron chi connectivity index (χ4n) is 4.06. The van der Waals surface area contributed by atoms with Crippen molar-refractivity contribution in [3.05, 3.63) is 42.5 Å². The molecular weight excluding hydrogens is 402 g/mol. The number of rotatable bonds is 8. The van der Waals surface area contributed by atoms with E-state index in [1.165, 1.54) is 38.2 Å². The van der Waals surface area contributed by atoms with Crippen molar-refractivity contribution in [3.8, 4) is 6.07 Å². The summed E-state index contributed by atoms with van der Waals surface area (Å²) >= 11 is 0. The number of carbonyl (C=O) groups excluding carboxylic acids is 1. The number of aromatic nitrogens is 3. The van der Waals surface area contributed by atoms with Crippen molar-refractivity contribution < 1.29 is 9.53 Å². The summed E-state index contributed by atoms with van der Waals surface area (Å²) in [4.78, 5) is 20.8. The lowest BCUT2D eigenvalue weighted by Crippen LogP contribution is -2.23. The Morgan fingerprint density at radius 1 is 1.38 bits per heavy atom. The molecule has 3 rings (SSSR count). The molecule has 0 spiro atoms. The number of esters is 1. The molecule has 0 aromatic carbocycles. The van der Waals surface area contributed by atoms with Gasteiger partial charge in [0.2, 0.25) is 0 Å². The third-order valence-electron chi connectivity index (χ3n) is 5.90. The fraction of sp³-hybridized carbons (Fsp3) is 0.480. The second kappa shape index (κ2) is 10.4. The smallest absolute Gasteiger partial charge is 0.312 e. The summed E-state index contributed by atoms with van der Waals surface area (Å²) in [7, 11) is 0. The summed E-state index contributed by atoms with van der Waals surface area (Å²) in [5.41, 5.74) is 1.36. The van der Waals surface area contributed by atoms with Crippen molar-refractivity contribution in [3.63, 3.8) is 0 Å². The maximum Gasteiger partial charge on any atom is 0.312 e. The van der Waals surface area contributed by atoms with E-state index >= 15 is 0 Å². The number of nitriles is 1. The highest BCUT2D eigenvalue weighted by Gasteiger charge is 2.24. The molecule has 1 unspecified atom stereocenters. The lowest BCUT2D eigenvalue weighted by atomic mass is 9.88. The van der Waals surface area contributed by atoms with Crippen LogP contribution in [0, 0.1) is 34.0 Å². The van der Waals surface area contributed by atoms with Crippen LogP contribution in [-0.4, -0.2) is 26.7 Å². The Kier molecular flexibility index (Phi) is 7.57. The van der Waals surface area contributed by atoms with Crippen molar-refractivity contribution >= 4 is 28.8 Å². The number of fused-ring (bicyclic) bond motifs is 1. The van der Waals surface area contributed by atoms with Gasteiger partial charge in [-0.2, -0.15) is 5.26 Å². The van der Waals surface area contributed by atoms with Crippen LogP contribution in [0.2, 0.25) is 0 Å². The molecule has 0 radical (unpaired) electrons. The summed E-state index contributed by atoms with van der Waals surface area (Å²) in [6, 6.07) is 4.18. The molecule has 32 heavy (non-hydrogen) atoms. The first-order valence-electron chi connectivity index (χ1n) is 11.1. The van der Waals surface area contributed by atoms with E-state index in [2.05, 4.69) is 22.1 Å². The average molecular weight is 434 g/mol. The third-order valence-corrected chi connectivity index (χ3v) is 5.90. The highest BCUT2D eigenvalue weighted by Crippen LogP contribution is 2.34. The summed E-state index contributed by atoms with van der Waals surface area (Å²) in [6.07, 6.45) is 15.8. The van der Waals surface area contributed by atoms with Crippen LogP contribution in [0.4, 0.5) is 0 Å².